The van der Waals surface area contributed by atoms with Gasteiger partial charge in [0, 0.05) is 5.71 Å². The second-order valence-corrected chi connectivity index (χ2v) is 3.33. The minimum absolute atomic E-state index is 0. The molecule has 1 aliphatic heterocycles. The number of hydrogen-bond acceptors (Lipinski definition) is 2. The number of nitrogens with zero attached hydrogens (tertiary/aromatic N) is 1. The lowest BCUT2D eigenvalue weighted by molar-refractivity contribution is -0.138. The van der Waals surface area contributed by atoms with E-state index in [1.807, 2.05) is 30.3 Å². The van der Waals surface area contributed by atoms with E-state index in [2.05, 4.69) is 4.99 Å². The Balaban J connectivity index is 0.00000112. The summed E-state index contributed by atoms with van der Waals surface area (Å²) < 4.78 is 0. The maximum atomic E-state index is 10.7. The largest absolute Gasteiger partial charge is 0.480 e. The van der Waals surface area contributed by atoms with Gasteiger partial charge >= 0.3 is 5.97 Å². The van der Waals surface area contributed by atoms with Crippen molar-refractivity contribution in [3.05, 3.63) is 35.9 Å². The first kappa shape index (κ1) is 11.7. The zero-order chi connectivity index (χ0) is 9.97. The summed E-state index contributed by atoms with van der Waals surface area (Å²) in [7, 11) is 0. The van der Waals surface area contributed by atoms with E-state index in [4.69, 9.17) is 5.11 Å². The molecule has 1 aromatic carbocycles. The Kier molecular flexibility index (Phi) is 3.86. The lowest BCUT2D eigenvalue weighted by Gasteiger charge is -1.97. The van der Waals surface area contributed by atoms with Crippen LogP contribution in [0.5, 0.6) is 0 Å². The number of carboxylic acid groups (broad SMARTS) is 1. The van der Waals surface area contributed by atoms with Crippen molar-refractivity contribution < 1.29 is 9.90 Å². The smallest absolute Gasteiger partial charge is 0.328 e. The van der Waals surface area contributed by atoms with Crippen LogP contribution >= 0.6 is 12.4 Å². The summed E-state index contributed by atoms with van der Waals surface area (Å²) in [6.07, 6.45) is 1.39. The molecule has 0 aromatic heterocycles. The highest BCUT2D eigenvalue weighted by atomic mass is 35.5. The highest BCUT2D eigenvalue weighted by molar-refractivity contribution is 6.03. The molecule has 0 radical (unpaired) electrons. The van der Waals surface area contributed by atoms with Crippen molar-refractivity contribution in [1.82, 2.24) is 0 Å². The van der Waals surface area contributed by atoms with Crippen LogP contribution in [0.15, 0.2) is 35.3 Å². The fourth-order valence-electron chi connectivity index (χ4n) is 1.62. The molecule has 1 unspecified atom stereocenters. The third kappa shape index (κ3) is 2.57. The topological polar surface area (TPSA) is 49.7 Å². The molecule has 0 spiro atoms. The summed E-state index contributed by atoms with van der Waals surface area (Å²) in [6, 6.07) is 9.20. The maximum absolute atomic E-state index is 10.7. The molecule has 1 atom stereocenters. The van der Waals surface area contributed by atoms with Crippen LogP contribution in [0, 0.1) is 0 Å². The zero-order valence-corrected chi connectivity index (χ0v) is 8.91. The second kappa shape index (κ2) is 4.94. The number of carboxylic acids is 1. The van der Waals surface area contributed by atoms with Gasteiger partial charge in [0.15, 0.2) is 0 Å². The Morgan fingerprint density at radius 3 is 2.53 bits per heavy atom. The van der Waals surface area contributed by atoms with E-state index < -0.39 is 12.0 Å². The van der Waals surface area contributed by atoms with Gasteiger partial charge in [0.05, 0.1) is 0 Å². The zero-order valence-electron chi connectivity index (χ0n) is 8.09. The van der Waals surface area contributed by atoms with Crippen molar-refractivity contribution in [3.8, 4) is 0 Å². The molecular weight excluding hydrogens is 214 g/mol. The van der Waals surface area contributed by atoms with Crippen LogP contribution < -0.4 is 0 Å². The first-order chi connectivity index (χ1) is 6.77. The van der Waals surface area contributed by atoms with E-state index in [1.54, 1.807) is 0 Å². The lowest BCUT2D eigenvalue weighted by atomic mass is 10.1. The van der Waals surface area contributed by atoms with Crippen molar-refractivity contribution >= 4 is 24.1 Å². The summed E-state index contributed by atoms with van der Waals surface area (Å²) in [4.78, 5) is 14.8. The standard InChI is InChI=1S/C11H11NO2.ClH/c13-11(14)10-7-6-9(12-10)8-4-2-1-3-5-8;/h1-5,10H,6-7H2,(H,13,14);1H. The van der Waals surface area contributed by atoms with E-state index in [1.165, 1.54) is 0 Å². The van der Waals surface area contributed by atoms with Crippen LogP contribution in [0.25, 0.3) is 0 Å². The molecule has 1 heterocycles. The Morgan fingerprint density at radius 2 is 2.00 bits per heavy atom. The third-order valence-electron chi connectivity index (χ3n) is 2.36. The molecule has 3 nitrogen and oxygen atoms in total. The Labute approximate surface area is 94.3 Å². The van der Waals surface area contributed by atoms with Crippen LogP contribution in [0.3, 0.4) is 0 Å². The van der Waals surface area contributed by atoms with Gasteiger partial charge in [0.1, 0.15) is 6.04 Å². The summed E-state index contributed by atoms with van der Waals surface area (Å²) >= 11 is 0. The molecule has 0 bridgehead atoms. The van der Waals surface area contributed by atoms with Gasteiger partial charge in [-0.25, -0.2) is 4.79 Å². The highest BCUT2D eigenvalue weighted by Gasteiger charge is 2.23. The van der Waals surface area contributed by atoms with Crippen LogP contribution in [0.2, 0.25) is 0 Å². The van der Waals surface area contributed by atoms with Crippen LogP contribution in [-0.2, 0) is 4.79 Å². The molecular formula is C11H12ClNO2. The van der Waals surface area contributed by atoms with Crippen molar-refractivity contribution in [1.29, 1.82) is 0 Å². The molecule has 1 aromatic rings. The summed E-state index contributed by atoms with van der Waals surface area (Å²) in [5.74, 6) is -0.823. The van der Waals surface area contributed by atoms with Gasteiger partial charge in [0.25, 0.3) is 0 Å². The molecule has 4 heteroatoms. The number of aliphatic carboxylic acids is 1. The maximum Gasteiger partial charge on any atom is 0.328 e. The van der Waals surface area contributed by atoms with E-state index in [9.17, 15) is 4.79 Å². The van der Waals surface area contributed by atoms with Gasteiger partial charge in [-0.15, -0.1) is 12.4 Å². The van der Waals surface area contributed by atoms with E-state index >= 15 is 0 Å². The number of rotatable bonds is 2. The van der Waals surface area contributed by atoms with Gasteiger partial charge < -0.3 is 5.11 Å². The van der Waals surface area contributed by atoms with Gasteiger partial charge in [-0.2, -0.15) is 0 Å². The molecule has 15 heavy (non-hydrogen) atoms. The summed E-state index contributed by atoms with van der Waals surface area (Å²) in [6.45, 7) is 0. The first-order valence-electron chi connectivity index (χ1n) is 4.62. The number of carbonyl (C=O) groups is 1. The number of halogens is 1. The Morgan fingerprint density at radius 1 is 1.33 bits per heavy atom. The van der Waals surface area contributed by atoms with E-state index in [-0.39, 0.29) is 12.4 Å². The second-order valence-electron chi connectivity index (χ2n) is 3.33. The van der Waals surface area contributed by atoms with Crippen LogP contribution in [0.1, 0.15) is 18.4 Å². The predicted octanol–water partition coefficient (Wildman–Crippen LogP) is 2.14. The van der Waals surface area contributed by atoms with Gasteiger partial charge in [-0.05, 0) is 18.4 Å². The molecule has 0 amide bonds. The third-order valence-corrected chi connectivity index (χ3v) is 2.36. The lowest BCUT2D eigenvalue weighted by Crippen LogP contribution is -2.13. The van der Waals surface area contributed by atoms with Gasteiger partial charge in [-0.1, -0.05) is 30.3 Å². The average molecular weight is 226 g/mol. The first-order valence-corrected chi connectivity index (χ1v) is 4.62. The normalized spacial score (nSPS) is 19.2. The highest BCUT2D eigenvalue weighted by Crippen LogP contribution is 2.18. The molecule has 0 fully saturated rings. The molecule has 0 saturated carbocycles. The van der Waals surface area contributed by atoms with Crippen LogP contribution in [-0.4, -0.2) is 22.8 Å². The van der Waals surface area contributed by atoms with E-state index in [0.717, 1.165) is 17.7 Å². The van der Waals surface area contributed by atoms with Gasteiger partial charge in [-0.3, -0.25) is 4.99 Å². The molecule has 0 aliphatic carbocycles. The number of benzene rings is 1. The quantitative estimate of drug-likeness (QED) is 0.839. The minimum atomic E-state index is -0.823. The Hall–Kier alpha value is -1.35. The molecule has 2 rings (SSSR count). The monoisotopic (exact) mass is 225 g/mol. The fourth-order valence-corrected chi connectivity index (χ4v) is 1.62. The predicted molar refractivity (Wildman–Crippen MR) is 60.9 cm³/mol. The number of hydrogen-bond donors (Lipinski definition) is 1. The molecule has 80 valence electrons. The van der Waals surface area contributed by atoms with Crippen molar-refractivity contribution in [2.75, 3.05) is 0 Å². The fraction of sp³-hybridized carbons (Fsp3) is 0.273. The summed E-state index contributed by atoms with van der Waals surface area (Å²) in [5, 5.41) is 8.77. The molecule has 0 saturated heterocycles. The van der Waals surface area contributed by atoms with Crippen molar-refractivity contribution in [2.45, 2.75) is 18.9 Å². The SMILES string of the molecule is Cl.O=C(O)C1CCC(c2ccccc2)=N1. The average Bonchev–Trinajstić information content (AvgIpc) is 2.68. The van der Waals surface area contributed by atoms with Crippen molar-refractivity contribution in [3.63, 3.8) is 0 Å². The van der Waals surface area contributed by atoms with Gasteiger partial charge in [0.2, 0.25) is 0 Å². The van der Waals surface area contributed by atoms with Crippen molar-refractivity contribution in [2.24, 2.45) is 4.99 Å². The Bertz CT molecular complexity index is 375. The van der Waals surface area contributed by atoms with Crippen LogP contribution in [0.4, 0.5) is 0 Å². The van der Waals surface area contributed by atoms with E-state index in [0.29, 0.717) is 6.42 Å². The minimum Gasteiger partial charge on any atom is -0.480 e. The number of aliphatic imine (C=N–C) groups is 1. The molecule has 1 aliphatic rings. The summed E-state index contributed by atoms with van der Waals surface area (Å²) in [5.41, 5.74) is 1.95. The molecule has 1 N–H and O–H groups in total.